The number of hydrogen-bond donors (Lipinski definition) is 2. The molecule has 6 rings (SSSR count). The van der Waals surface area contributed by atoms with Crippen LogP contribution in [0.2, 0.25) is 0 Å². The molecule has 0 saturated heterocycles. The van der Waals surface area contributed by atoms with Gasteiger partial charge in [0.1, 0.15) is 11.4 Å². The van der Waals surface area contributed by atoms with Crippen LogP contribution in [0.4, 0.5) is 10.6 Å². The number of anilines is 1. The number of fused-ring (bicyclic) bond motifs is 1. The van der Waals surface area contributed by atoms with Crippen LogP contribution in [0.15, 0.2) is 127 Å². The number of carbonyl (C=O) groups is 1. The Labute approximate surface area is 249 Å². The lowest BCUT2D eigenvalue weighted by molar-refractivity contribution is 0.201. The molecule has 0 aliphatic heterocycles. The van der Waals surface area contributed by atoms with E-state index in [1.807, 2.05) is 126 Å². The molecule has 2 heterocycles. The Morgan fingerprint density at radius 3 is 1.74 bits per heavy atom. The maximum Gasteiger partial charge on any atom is 0.413 e. The number of benzene rings is 4. The summed E-state index contributed by atoms with van der Waals surface area (Å²) in [5.41, 5.74) is 3.42. The molecule has 8 heteroatoms. The normalized spacial score (nSPS) is 11.4. The molecule has 0 spiro atoms. The summed E-state index contributed by atoms with van der Waals surface area (Å²) in [6.45, 7) is -0.369. The summed E-state index contributed by atoms with van der Waals surface area (Å²) < 4.78 is 7.65. The summed E-state index contributed by atoms with van der Waals surface area (Å²) in [4.78, 5) is 18.4. The highest BCUT2D eigenvalue weighted by atomic mass is 16.5. The predicted octanol–water partition coefficient (Wildman–Crippen LogP) is 6.46. The highest BCUT2D eigenvalue weighted by Gasteiger charge is 2.41. The fourth-order valence-corrected chi connectivity index (χ4v) is 5.73. The lowest BCUT2D eigenvalue weighted by Gasteiger charge is -2.37. The van der Waals surface area contributed by atoms with E-state index in [1.54, 1.807) is 6.07 Å². The van der Waals surface area contributed by atoms with Gasteiger partial charge in [0.25, 0.3) is 0 Å². The molecule has 8 nitrogen and oxygen atoms in total. The van der Waals surface area contributed by atoms with Gasteiger partial charge in [-0.25, -0.2) is 14.5 Å². The number of rotatable bonds is 9. The van der Waals surface area contributed by atoms with Crippen LogP contribution in [0.1, 0.15) is 27.9 Å². The molecule has 0 fully saturated rings. The first-order valence-electron chi connectivity index (χ1n) is 13.9. The highest BCUT2D eigenvalue weighted by Crippen LogP contribution is 2.44. The molecule has 2 N–H and O–H groups in total. The zero-order chi connectivity index (χ0) is 29.8. The number of aliphatic hydroxyl groups is 1. The lowest BCUT2D eigenvalue weighted by Crippen LogP contribution is -2.38. The van der Waals surface area contributed by atoms with Gasteiger partial charge in [-0.3, -0.25) is 4.90 Å². The largest absolute Gasteiger partial charge is 0.479 e. The van der Waals surface area contributed by atoms with Crippen molar-refractivity contribution in [3.8, 4) is 5.88 Å². The molecule has 0 bridgehead atoms. The van der Waals surface area contributed by atoms with Gasteiger partial charge >= 0.3 is 6.09 Å². The Morgan fingerprint density at radius 1 is 0.814 bits per heavy atom. The second kappa shape index (κ2) is 11.8. The summed E-state index contributed by atoms with van der Waals surface area (Å²) in [5.74, 6) is 0.440. The number of carboxylic acid groups (broad SMARTS) is 1. The number of hydrogen-bond acceptors (Lipinski definition) is 5. The Kier molecular flexibility index (Phi) is 7.59. The second-order valence-electron chi connectivity index (χ2n) is 10.1. The van der Waals surface area contributed by atoms with E-state index in [9.17, 15) is 15.0 Å². The van der Waals surface area contributed by atoms with Crippen molar-refractivity contribution in [3.05, 3.63) is 155 Å². The molecule has 214 valence electrons. The summed E-state index contributed by atoms with van der Waals surface area (Å²) in [5, 5.41) is 26.4. The number of ether oxygens (including phenoxy) is 1. The Morgan fingerprint density at radius 2 is 1.30 bits per heavy atom. The van der Waals surface area contributed by atoms with Gasteiger partial charge in [-0.15, -0.1) is 5.10 Å². The molecule has 2 aromatic heterocycles. The fourth-order valence-electron chi connectivity index (χ4n) is 5.73. The van der Waals surface area contributed by atoms with Crippen molar-refractivity contribution < 1.29 is 19.7 Å². The van der Waals surface area contributed by atoms with Crippen LogP contribution in [0.3, 0.4) is 0 Å². The van der Waals surface area contributed by atoms with E-state index in [2.05, 4.69) is 4.98 Å². The van der Waals surface area contributed by atoms with Crippen LogP contribution >= 0.6 is 0 Å². The third kappa shape index (κ3) is 4.87. The number of aliphatic hydroxyl groups excluding tert-OH is 1. The molecule has 1 amide bonds. The minimum absolute atomic E-state index is 0.0754. The summed E-state index contributed by atoms with van der Waals surface area (Å²) in [6, 6.07) is 41.1. The van der Waals surface area contributed by atoms with Gasteiger partial charge in [-0.1, -0.05) is 121 Å². The first-order chi connectivity index (χ1) is 21.1. The Balaban J connectivity index is 1.72. The van der Waals surface area contributed by atoms with Crippen molar-refractivity contribution in [2.24, 2.45) is 0 Å². The van der Waals surface area contributed by atoms with E-state index in [0.717, 1.165) is 22.3 Å². The highest BCUT2D eigenvalue weighted by molar-refractivity contribution is 5.93. The van der Waals surface area contributed by atoms with E-state index in [1.165, 1.54) is 12.0 Å². The smallest absolute Gasteiger partial charge is 0.413 e. The lowest BCUT2D eigenvalue weighted by atomic mass is 9.77. The number of aromatic nitrogens is 3. The van der Waals surface area contributed by atoms with Gasteiger partial charge in [0.15, 0.2) is 0 Å². The third-order valence-electron chi connectivity index (χ3n) is 7.62. The van der Waals surface area contributed by atoms with Crippen LogP contribution in [-0.4, -0.2) is 38.2 Å². The zero-order valence-electron chi connectivity index (χ0n) is 23.5. The summed E-state index contributed by atoms with van der Waals surface area (Å²) >= 11 is 0. The molecule has 6 aromatic rings. The van der Waals surface area contributed by atoms with E-state index in [-0.39, 0.29) is 23.9 Å². The molecule has 0 aliphatic carbocycles. The molecule has 4 aromatic carbocycles. The molecule has 0 unspecified atom stereocenters. The average molecular weight is 571 g/mol. The van der Waals surface area contributed by atoms with Crippen LogP contribution in [-0.2, 0) is 18.7 Å². The van der Waals surface area contributed by atoms with Crippen LogP contribution in [0.5, 0.6) is 5.88 Å². The standard InChI is InChI=1S/C35H30N4O4/c1-43-33-32-29(24-40)36-31(38(34(41)42)23-25-14-6-2-7-15-25)22-30(32)39(37-33)35(26-16-8-3-9-17-26,27-18-10-4-11-19-27)28-20-12-5-13-21-28/h2-22,40H,23-24H2,1H3,(H,41,42). The van der Waals surface area contributed by atoms with Crippen molar-refractivity contribution in [2.75, 3.05) is 12.0 Å². The summed E-state index contributed by atoms with van der Waals surface area (Å²) in [7, 11) is 1.52. The monoisotopic (exact) mass is 570 g/mol. The average Bonchev–Trinajstić information content (AvgIpc) is 3.44. The van der Waals surface area contributed by atoms with Crippen molar-refractivity contribution in [1.29, 1.82) is 0 Å². The SMILES string of the molecule is COc1nn(C(c2ccccc2)(c2ccccc2)c2ccccc2)c2cc(N(Cc3ccccc3)C(=O)O)nc(CO)c12. The van der Waals surface area contributed by atoms with E-state index in [4.69, 9.17) is 9.84 Å². The number of amides is 1. The van der Waals surface area contributed by atoms with E-state index < -0.39 is 18.2 Å². The molecule has 0 radical (unpaired) electrons. The van der Waals surface area contributed by atoms with Gasteiger partial charge in [0, 0.05) is 6.07 Å². The predicted molar refractivity (Wildman–Crippen MR) is 165 cm³/mol. The Bertz CT molecular complexity index is 1750. The van der Waals surface area contributed by atoms with Gasteiger partial charge in [0.05, 0.1) is 36.9 Å². The zero-order valence-corrected chi connectivity index (χ0v) is 23.5. The first kappa shape index (κ1) is 27.7. The van der Waals surface area contributed by atoms with E-state index in [0.29, 0.717) is 10.9 Å². The van der Waals surface area contributed by atoms with Crippen LogP contribution in [0, 0.1) is 0 Å². The van der Waals surface area contributed by atoms with Gasteiger partial charge in [-0.2, -0.15) is 0 Å². The van der Waals surface area contributed by atoms with Crippen molar-refractivity contribution >= 4 is 22.8 Å². The van der Waals surface area contributed by atoms with E-state index >= 15 is 0 Å². The maximum atomic E-state index is 12.6. The fraction of sp³-hybridized carbons (Fsp3) is 0.114. The van der Waals surface area contributed by atoms with Crippen molar-refractivity contribution in [1.82, 2.24) is 14.8 Å². The second-order valence-corrected chi connectivity index (χ2v) is 10.1. The molecule has 0 aliphatic rings. The molecule has 0 atom stereocenters. The number of pyridine rings is 1. The van der Waals surface area contributed by atoms with Crippen LogP contribution in [0.25, 0.3) is 10.9 Å². The molecular weight excluding hydrogens is 540 g/mol. The Hall–Kier alpha value is -5.47. The van der Waals surface area contributed by atoms with Crippen molar-refractivity contribution in [2.45, 2.75) is 18.7 Å². The molecule has 43 heavy (non-hydrogen) atoms. The van der Waals surface area contributed by atoms with Gasteiger partial charge in [-0.05, 0) is 22.3 Å². The van der Waals surface area contributed by atoms with Gasteiger partial charge in [0.2, 0.25) is 5.88 Å². The molecule has 0 saturated carbocycles. The van der Waals surface area contributed by atoms with Gasteiger partial charge < -0.3 is 14.9 Å². The maximum absolute atomic E-state index is 12.6. The summed E-state index contributed by atoms with van der Waals surface area (Å²) in [6.07, 6.45) is -1.17. The molecular formula is C35H30N4O4. The third-order valence-corrected chi connectivity index (χ3v) is 7.62. The topological polar surface area (TPSA) is 101 Å². The quantitative estimate of drug-likeness (QED) is 0.194. The number of nitrogens with zero attached hydrogens (tertiary/aromatic N) is 4. The van der Waals surface area contributed by atoms with Crippen molar-refractivity contribution in [3.63, 3.8) is 0 Å². The minimum atomic E-state index is -1.17. The minimum Gasteiger partial charge on any atom is -0.479 e. The number of methoxy groups -OCH3 is 1. The van der Waals surface area contributed by atoms with Crippen LogP contribution < -0.4 is 9.64 Å². The first-order valence-corrected chi connectivity index (χ1v) is 13.9.